The van der Waals surface area contributed by atoms with Gasteiger partial charge in [-0.1, -0.05) is 117 Å². The molecule has 74 heavy (non-hydrogen) atoms. The highest BCUT2D eigenvalue weighted by molar-refractivity contribution is 7.99. The van der Waals surface area contributed by atoms with Gasteiger partial charge >= 0.3 is 0 Å². The second-order valence-corrected chi connectivity index (χ2v) is 27.4. The first-order valence-electron chi connectivity index (χ1n) is 26.3. The van der Waals surface area contributed by atoms with Crippen LogP contribution < -0.4 is 13.9 Å². The molecule has 0 spiro atoms. The van der Waals surface area contributed by atoms with Crippen LogP contribution in [0.15, 0.2) is 143 Å². The lowest BCUT2D eigenvalue weighted by Crippen LogP contribution is -2.43. The quantitative estimate of drug-likeness (QED) is 0.0853. The number of fused-ring (bicyclic) bond motifs is 10. The number of ether oxygens (including phenoxy) is 2. The molecule has 4 heterocycles. The van der Waals surface area contributed by atoms with E-state index in [0.29, 0.717) is 19.0 Å². The summed E-state index contributed by atoms with van der Waals surface area (Å²) >= 11 is 3.81. The zero-order valence-electron chi connectivity index (χ0n) is 44.5. The lowest BCUT2D eigenvalue weighted by Gasteiger charge is -2.36. The molecule has 0 atom stereocenters. The van der Waals surface area contributed by atoms with Gasteiger partial charge in [0, 0.05) is 80.4 Å². The first kappa shape index (κ1) is 54.7. The molecular formula is C63H78N4O4S2Si. The first-order valence-corrected chi connectivity index (χ1v) is 31.2. The molecule has 0 saturated carbocycles. The van der Waals surface area contributed by atoms with Crippen molar-refractivity contribution in [2.45, 2.75) is 108 Å². The van der Waals surface area contributed by atoms with Crippen LogP contribution in [0.25, 0.3) is 44.3 Å². The summed E-state index contributed by atoms with van der Waals surface area (Å²) in [5, 5.41) is 12.8. The SMILES string of the molecule is C.CCN(CC)CCOc1ccc(Cn2c3c(c4cc(O)ccc42)CSc2ccccc2-3)cc1.CCN(CC)CCOc1ccc(Cn2c3c(c4cc(O[Si](C)(C)C(C)(C)C)ccc42)CSc2ccccc2-3)cc1. The Morgan fingerprint density at radius 2 is 0.973 bits per heavy atom. The molecule has 390 valence electrons. The van der Waals surface area contributed by atoms with Crippen LogP contribution in [0.2, 0.25) is 18.1 Å². The number of benzene rings is 6. The Bertz CT molecular complexity index is 3150. The summed E-state index contributed by atoms with van der Waals surface area (Å²) in [6, 6.07) is 47.1. The van der Waals surface area contributed by atoms with Gasteiger partial charge in [-0.25, -0.2) is 0 Å². The van der Waals surface area contributed by atoms with Crippen molar-refractivity contribution in [3.8, 4) is 45.5 Å². The third kappa shape index (κ3) is 11.9. The highest BCUT2D eigenvalue weighted by Gasteiger charge is 2.39. The van der Waals surface area contributed by atoms with E-state index in [2.05, 4.69) is 196 Å². The summed E-state index contributed by atoms with van der Waals surface area (Å²) < 4.78 is 23.7. The van der Waals surface area contributed by atoms with E-state index in [1.54, 1.807) is 6.07 Å². The summed E-state index contributed by atoms with van der Waals surface area (Å²) in [6.07, 6.45) is 0. The molecule has 1 N–H and O–H groups in total. The highest BCUT2D eigenvalue weighted by atomic mass is 32.2. The molecule has 10 rings (SSSR count). The number of aromatic nitrogens is 2. The molecule has 8 nitrogen and oxygen atoms in total. The largest absolute Gasteiger partial charge is 0.543 e. The maximum Gasteiger partial charge on any atom is 0.250 e. The number of phenolic OH excluding ortho intramolecular Hbond substituents is 1. The van der Waals surface area contributed by atoms with E-state index in [4.69, 9.17) is 13.9 Å². The Hall–Kier alpha value is -5.56. The number of likely N-dealkylation sites (N-methyl/N-ethyl adjacent to an activating group) is 2. The van der Waals surface area contributed by atoms with E-state index in [1.807, 2.05) is 35.7 Å². The van der Waals surface area contributed by atoms with Gasteiger partial charge in [-0.2, -0.15) is 0 Å². The monoisotopic (exact) mass is 1050 g/mol. The summed E-state index contributed by atoms with van der Waals surface area (Å²) in [5.74, 6) is 5.05. The number of thioether (sulfide) groups is 2. The van der Waals surface area contributed by atoms with E-state index in [-0.39, 0.29) is 12.5 Å². The lowest BCUT2D eigenvalue weighted by atomic mass is 10.1. The van der Waals surface area contributed by atoms with Gasteiger partial charge in [0.1, 0.15) is 36.2 Å². The average molecular weight is 1050 g/mol. The van der Waals surface area contributed by atoms with Crippen molar-refractivity contribution in [3.05, 3.63) is 156 Å². The fourth-order valence-electron chi connectivity index (χ4n) is 9.85. The van der Waals surface area contributed by atoms with Crippen molar-refractivity contribution >= 4 is 53.6 Å². The third-order valence-corrected chi connectivity index (χ3v) is 21.7. The van der Waals surface area contributed by atoms with Crippen molar-refractivity contribution in [1.82, 2.24) is 18.9 Å². The van der Waals surface area contributed by atoms with Crippen LogP contribution in [0.4, 0.5) is 0 Å². The van der Waals surface area contributed by atoms with Gasteiger partial charge in [0.05, 0.1) is 11.4 Å². The Morgan fingerprint density at radius 3 is 1.42 bits per heavy atom. The maximum absolute atomic E-state index is 10.2. The van der Waals surface area contributed by atoms with E-state index < -0.39 is 8.32 Å². The van der Waals surface area contributed by atoms with Crippen LogP contribution in [-0.4, -0.2) is 84.8 Å². The third-order valence-electron chi connectivity index (χ3n) is 15.2. The zero-order chi connectivity index (χ0) is 51.3. The molecule has 0 radical (unpaired) electrons. The molecule has 2 aliphatic rings. The molecule has 0 bridgehead atoms. The predicted octanol–water partition coefficient (Wildman–Crippen LogP) is 16.1. The Morgan fingerprint density at radius 1 is 0.554 bits per heavy atom. The summed E-state index contributed by atoms with van der Waals surface area (Å²) in [5.41, 5.74) is 12.9. The van der Waals surface area contributed by atoms with Crippen LogP contribution in [-0.2, 0) is 24.6 Å². The number of aromatic hydroxyl groups is 1. The van der Waals surface area contributed by atoms with Gasteiger partial charge in [0.15, 0.2) is 0 Å². The molecular weight excluding hydrogens is 969 g/mol. The summed E-state index contributed by atoms with van der Waals surface area (Å²) in [6.45, 7) is 29.4. The molecule has 11 heteroatoms. The number of hydrogen-bond donors (Lipinski definition) is 1. The smallest absolute Gasteiger partial charge is 0.250 e. The van der Waals surface area contributed by atoms with Gasteiger partial charge in [-0.15, -0.1) is 23.5 Å². The van der Waals surface area contributed by atoms with E-state index in [9.17, 15) is 5.11 Å². The minimum absolute atomic E-state index is 0. The van der Waals surface area contributed by atoms with Gasteiger partial charge in [-0.05, 0) is 139 Å². The zero-order valence-corrected chi connectivity index (χ0v) is 47.1. The van der Waals surface area contributed by atoms with Crippen LogP contribution in [0.3, 0.4) is 0 Å². The fraction of sp³-hybridized carbons (Fsp3) is 0.365. The van der Waals surface area contributed by atoms with E-state index >= 15 is 0 Å². The lowest BCUT2D eigenvalue weighted by molar-refractivity contribution is 0.222. The van der Waals surface area contributed by atoms with Crippen molar-refractivity contribution < 1.29 is 19.0 Å². The summed E-state index contributed by atoms with van der Waals surface area (Å²) in [7, 11) is -1.93. The van der Waals surface area contributed by atoms with Crippen molar-refractivity contribution in [2.24, 2.45) is 0 Å². The van der Waals surface area contributed by atoms with E-state index in [1.165, 1.54) is 65.5 Å². The van der Waals surface area contributed by atoms with Crippen LogP contribution in [0.1, 0.15) is 78.1 Å². The average Bonchev–Trinajstić information content (AvgIpc) is 3.88. The van der Waals surface area contributed by atoms with Crippen molar-refractivity contribution in [1.29, 1.82) is 0 Å². The topological polar surface area (TPSA) is 64.3 Å². The van der Waals surface area contributed by atoms with Crippen molar-refractivity contribution in [3.63, 3.8) is 0 Å². The van der Waals surface area contributed by atoms with Gasteiger partial charge in [-0.3, -0.25) is 0 Å². The molecule has 6 aromatic carbocycles. The van der Waals surface area contributed by atoms with Gasteiger partial charge < -0.3 is 37.9 Å². The Kier molecular flexibility index (Phi) is 17.7. The van der Waals surface area contributed by atoms with Crippen LogP contribution in [0, 0.1) is 0 Å². The molecule has 2 aromatic heterocycles. The minimum atomic E-state index is -1.93. The molecule has 8 aromatic rings. The number of nitrogens with zero attached hydrogens (tertiary/aromatic N) is 4. The standard InChI is InChI=1S/C34H44N2O2SSi.C28H30N2O2S.CH4/c1-8-35(9-2)20-21-37-26-16-14-25(15-17-26)23-36-31-19-18-27(38-40(6,7)34(3,4)5)22-29(31)30-24-39-32-13-11-10-12-28(32)33(30)36;1-3-29(4-2)15-16-32-22-12-9-20(10-13-22)18-30-26-14-11-21(31)17-24(26)25-19-33-27-8-6-5-7-23(27)28(25)30;/h10-19,22H,8-9,20-21,23-24H2,1-7H3;5-14,17,31H,3-4,15-16,18-19H2,1-2H3;1H4. The Labute approximate surface area is 451 Å². The molecule has 0 fully saturated rings. The van der Waals surface area contributed by atoms with Gasteiger partial charge in [0.2, 0.25) is 8.32 Å². The Balaban J connectivity index is 0.000000198. The maximum atomic E-state index is 10.2. The molecule has 0 aliphatic carbocycles. The molecule has 0 saturated heterocycles. The number of hydrogen-bond acceptors (Lipinski definition) is 8. The molecule has 0 amide bonds. The normalized spacial score (nSPS) is 12.9. The van der Waals surface area contributed by atoms with Gasteiger partial charge in [0.25, 0.3) is 0 Å². The first-order chi connectivity index (χ1) is 35.3. The fourth-order valence-corrected chi connectivity index (χ4v) is 13.0. The molecule has 2 aliphatic heterocycles. The summed E-state index contributed by atoms with van der Waals surface area (Å²) in [4.78, 5) is 7.42. The minimum Gasteiger partial charge on any atom is -0.543 e. The predicted molar refractivity (Wildman–Crippen MR) is 318 cm³/mol. The number of phenols is 1. The van der Waals surface area contributed by atoms with E-state index in [0.717, 1.165) is 92.0 Å². The van der Waals surface area contributed by atoms with Crippen molar-refractivity contribution in [2.75, 3.05) is 52.5 Å². The second-order valence-electron chi connectivity index (χ2n) is 20.7. The highest BCUT2D eigenvalue weighted by Crippen LogP contribution is 2.49. The second kappa shape index (κ2) is 24.0. The number of rotatable bonds is 18. The molecule has 0 unspecified atom stereocenters. The van der Waals surface area contributed by atoms with Crippen LogP contribution >= 0.6 is 23.5 Å². The van der Waals surface area contributed by atoms with Crippen LogP contribution in [0.5, 0.6) is 23.0 Å².